The Balaban J connectivity index is 2.02. The fourth-order valence-electron chi connectivity index (χ4n) is 2.59. The van der Waals surface area contributed by atoms with Crippen LogP contribution < -0.4 is 0 Å². The van der Waals surface area contributed by atoms with Gasteiger partial charge in [-0.15, -0.1) is 0 Å². The molecule has 0 bridgehead atoms. The molecule has 0 aromatic rings. The molecule has 7 heteroatoms. The SMILES string of the molecule is O=C1O[C@@H]2[C@@H](O)CO[C@]2(O)C12CC[C@H](O)O2. The van der Waals surface area contributed by atoms with Gasteiger partial charge >= 0.3 is 5.97 Å². The van der Waals surface area contributed by atoms with Crippen LogP contribution in [0.1, 0.15) is 12.8 Å². The number of fused-ring (bicyclic) bond motifs is 2. The lowest BCUT2D eigenvalue weighted by Gasteiger charge is -2.31. The van der Waals surface area contributed by atoms with Gasteiger partial charge in [-0.2, -0.15) is 0 Å². The van der Waals surface area contributed by atoms with E-state index in [4.69, 9.17) is 14.2 Å². The Kier molecular flexibility index (Phi) is 1.91. The Morgan fingerprint density at radius 2 is 2.12 bits per heavy atom. The molecule has 3 saturated heterocycles. The van der Waals surface area contributed by atoms with E-state index in [1.54, 1.807) is 0 Å². The number of ether oxygens (including phenoxy) is 3. The van der Waals surface area contributed by atoms with Crippen LogP contribution in [0, 0.1) is 0 Å². The summed E-state index contributed by atoms with van der Waals surface area (Å²) in [4.78, 5) is 11.7. The zero-order chi connectivity index (χ0) is 11.6. The third-order valence-corrected chi connectivity index (χ3v) is 3.43. The molecule has 90 valence electrons. The zero-order valence-corrected chi connectivity index (χ0v) is 8.33. The van der Waals surface area contributed by atoms with Gasteiger partial charge in [-0.05, 0) is 6.42 Å². The third kappa shape index (κ3) is 0.975. The molecule has 16 heavy (non-hydrogen) atoms. The molecule has 0 amide bonds. The fraction of sp³-hybridized carbons (Fsp3) is 0.889. The van der Waals surface area contributed by atoms with Crippen LogP contribution in [0.3, 0.4) is 0 Å². The van der Waals surface area contributed by atoms with Crippen LogP contribution in [-0.2, 0) is 19.0 Å². The van der Waals surface area contributed by atoms with Gasteiger partial charge in [0.1, 0.15) is 6.10 Å². The first-order valence-electron chi connectivity index (χ1n) is 5.11. The molecule has 0 saturated carbocycles. The lowest BCUT2D eigenvalue weighted by molar-refractivity contribution is -0.284. The van der Waals surface area contributed by atoms with Gasteiger partial charge < -0.3 is 29.5 Å². The third-order valence-electron chi connectivity index (χ3n) is 3.43. The van der Waals surface area contributed by atoms with E-state index < -0.39 is 35.9 Å². The summed E-state index contributed by atoms with van der Waals surface area (Å²) in [6.45, 7) is -0.129. The van der Waals surface area contributed by atoms with Crippen LogP contribution in [-0.4, -0.2) is 57.8 Å². The van der Waals surface area contributed by atoms with Gasteiger partial charge in [0.2, 0.25) is 11.4 Å². The monoisotopic (exact) mass is 232 g/mol. The summed E-state index contributed by atoms with van der Waals surface area (Å²) in [6, 6.07) is 0. The molecule has 0 aromatic heterocycles. The van der Waals surface area contributed by atoms with Crippen molar-refractivity contribution in [3.05, 3.63) is 0 Å². The summed E-state index contributed by atoms with van der Waals surface area (Å²) in [6.07, 6.45) is -3.03. The predicted molar refractivity (Wildman–Crippen MR) is 45.8 cm³/mol. The molecule has 3 aliphatic heterocycles. The number of aliphatic hydroxyl groups is 3. The summed E-state index contributed by atoms with van der Waals surface area (Å²) in [7, 11) is 0. The van der Waals surface area contributed by atoms with Gasteiger partial charge in [0.05, 0.1) is 6.61 Å². The maximum Gasteiger partial charge on any atom is 0.344 e. The van der Waals surface area contributed by atoms with Gasteiger partial charge in [-0.1, -0.05) is 0 Å². The average Bonchev–Trinajstić information content (AvgIpc) is 2.81. The van der Waals surface area contributed by atoms with Gasteiger partial charge in [-0.25, -0.2) is 4.79 Å². The number of aliphatic hydroxyl groups excluding tert-OH is 2. The first kappa shape index (κ1) is 10.4. The normalized spacial score (nSPS) is 55.7. The number of hydrogen-bond acceptors (Lipinski definition) is 7. The molecule has 7 nitrogen and oxygen atoms in total. The van der Waals surface area contributed by atoms with Crippen molar-refractivity contribution < 1.29 is 34.3 Å². The molecule has 1 spiro atoms. The minimum absolute atomic E-state index is 0.104. The second kappa shape index (κ2) is 2.93. The van der Waals surface area contributed by atoms with E-state index in [1.807, 2.05) is 0 Å². The van der Waals surface area contributed by atoms with Crippen LogP contribution in [0.15, 0.2) is 0 Å². The molecule has 3 heterocycles. The first-order valence-corrected chi connectivity index (χ1v) is 5.11. The Bertz CT molecular complexity index is 345. The maximum atomic E-state index is 11.7. The van der Waals surface area contributed by atoms with E-state index in [0.29, 0.717) is 0 Å². The highest BCUT2D eigenvalue weighted by molar-refractivity contribution is 5.84. The van der Waals surface area contributed by atoms with E-state index in [1.165, 1.54) is 0 Å². The molecule has 3 N–H and O–H groups in total. The molecule has 3 aliphatic rings. The molecular weight excluding hydrogens is 220 g/mol. The maximum absolute atomic E-state index is 11.7. The van der Waals surface area contributed by atoms with E-state index in [2.05, 4.69) is 0 Å². The Hall–Kier alpha value is -0.730. The fourth-order valence-corrected chi connectivity index (χ4v) is 2.59. The highest BCUT2D eigenvalue weighted by atomic mass is 16.8. The van der Waals surface area contributed by atoms with E-state index in [9.17, 15) is 20.1 Å². The van der Waals surface area contributed by atoms with Crippen molar-refractivity contribution in [3.8, 4) is 0 Å². The highest BCUT2D eigenvalue weighted by Gasteiger charge is 2.76. The molecule has 0 aliphatic carbocycles. The summed E-state index contributed by atoms with van der Waals surface area (Å²) in [5, 5.41) is 29.1. The second-order valence-corrected chi connectivity index (χ2v) is 4.34. The van der Waals surface area contributed by atoms with Crippen molar-refractivity contribution in [2.45, 2.75) is 42.7 Å². The van der Waals surface area contributed by atoms with Gasteiger partial charge in [0.15, 0.2) is 12.4 Å². The van der Waals surface area contributed by atoms with Crippen molar-refractivity contribution in [1.82, 2.24) is 0 Å². The van der Waals surface area contributed by atoms with Crippen LogP contribution >= 0.6 is 0 Å². The van der Waals surface area contributed by atoms with Crippen molar-refractivity contribution in [2.24, 2.45) is 0 Å². The topological polar surface area (TPSA) is 105 Å². The summed E-state index contributed by atoms with van der Waals surface area (Å²) in [5.41, 5.74) is -1.70. The molecule has 3 fully saturated rings. The Morgan fingerprint density at radius 1 is 1.38 bits per heavy atom. The second-order valence-electron chi connectivity index (χ2n) is 4.34. The minimum atomic E-state index is -2.00. The summed E-state index contributed by atoms with van der Waals surface area (Å²) < 4.78 is 15.0. The Labute approximate surface area is 90.5 Å². The van der Waals surface area contributed by atoms with Crippen molar-refractivity contribution in [1.29, 1.82) is 0 Å². The van der Waals surface area contributed by atoms with Crippen molar-refractivity contribution >= 4 is 5.97 Å². The molecule has 1 unspecified atom stereocenters. The van der Waals surface area contributed by atoms with Gasteiger partial charge in [-0.3, -0.25) is 0 Å². The molecule has 0 aromatic carbocycles. The van der Waals surface area contributed by atoms with Gasteiger partial charge in [0, 0.05) is 6.42 Å². The highest BCUT2D eigenvalue weighted by Crippen LogP contribution is 2.50. The standard InChI is InChI=1S/C9H12O7/c10-4-3-14-9(13)6(4)15-7(12)8(9)2-1-5(11)16-8/h4-6,10-11,13H,1-3H2/t4-,5+,6+,8?,9-/m0/s1. The van der Waals surface area contributed by atoms with Crippen LogP contribution in [0.5, 0.6) is 0 Å². The van der Waals surface area contributed by atoms with Crippen LogP contribution in [0.4, 0.5) is 0 Å². The zero-order valence-electron chi connectivity index (χ0n) is 8.33. The number of hydrogen-bond donors (Lipinski definition) is 3. The van der Waals surface area contributed by atoms with E-state index in [0.717, 1.165) is 0 Å². The lowest BCUT2D eigenvalue weighted by Crippen LogP contribution is -2.58. The number of rotatable bonds is 0. The van der Waals surface area contributed by atoms with Crippen molar-refractivity contribution in [3.63, 3.8) is 0 Å². The smallest absolute Gasteiger partial charge is 0.344 e. The van der Waals surface area contributed by atoms with Crippen LogP contribution in [0.25, 0.3) is 0 Å². The summed E-state index contributed by atoms with van der Waals surface area (Å²) >= 11 is 0. The van der Waals surface area contributed by atoms with E-state index >= 15 is 0 Å². The quantitative estimate of drug-likeness (QED) is 0.409. The first-order chi connectivity index (χ1) is 7.49. The van der Waals surface area contributed by atoms with Gasteiger partial charge in [0.25, 0.3) is 0 Å². The Morgan fingerprint density at radius 3 is 2.75 bits per heavy atom. The number of carbonyl (C=O) groups excluding carboxylic acids is 1. The largest absolute Gasteiger partial charge is 0.451 e. The number of carbonyl (C=O) groups is 1. The van der Waals surface area contributed by atoms with E-state index in [-0.39, 0.29) is 19.4 Å². The predicted octanol–water partition coefficient (Wildman–Crippen LogP) is -2.14. The molecule has 3 rings (SSSR count). The minimum Gasteiger partial charge on any atom is -0.451 e. The lowest BCUT2D eigenvalue weighted by atomic mass is 9.88. The molecule has 0 radical (unpaired) electrons. The average molecular weight is 232 g/mol. The number of esters is 1. The van der Waals surface area contributed by atoms with Crippen molar-refractivity contribution in [2.75, 3.05) is 6.61 Å². The molecular formula is C9H12O7. The molecule has 5 atom stereocenters. The van der Waals surface area contributed by atoms with Crippen LogP contribution in [0.2, 0.25) is 0 Å². The summed E-state index contributed by atoms with van der Waals surface area (Å²) in [5.74, 6) is -2.80.